The van der Waals surface area contributed by atoms with Gasteiger partial charge in [0, 0.05) is 11.1 Å². The third-order valence-electron chi connectivity index (χ3n) is 3.51. The summed E-state index contributed by atoms with van der Waals surface area (Å²) >= 11 is 0. The third kappa shape index (κ3) is 4.53. The molecule has 0 amide bonds. The van der Waals surface area contributed by atoms with Crippen molar-refractivity contribution in [3.63, 3.8) is 0 Å². The van der Waals surface area contributed by atoms with Gasteiger partial charge in [-0.05, 0) is 31.9 Å². The minimum Gasteiger partial charge on any atom is -0.507 e. The molecule has 1 aromatic carbocycles. The highest BCUT2D eigenvalue weighted by atomic mass is 16.3. The number of aromatic hydroxyl groups is 2. The molecular formula is C19H22O3. The van der Waals surface area contributed by atoms with Crippen LogP contribution in [0.4, 0.5) is 0 Å². The highest BCUT2D eigenvalue weighted by Gasteiger charge is 2.12. The second-order valence-electron chi connectivity index (χ2n) is 5.35. The van der Waals surface area contributed by atoms with Gasteiger partial charge in [-0.25, -0.2) is 0 Å². The fourth-order valence-electron chi connectivity index (χ4n) is 1.91. The lowest BCUT2D eigenvalue weighted by molar-refractivity contribution is 0.112. The van der Waals surface area contributed by atoms with Gasteiger partial charge in [0.2, 0.25) is 0 Å². The molecule has 3 nitrogen and oxygen atoms in total. The molecule has 0 fully saturated rings. The van der Waals surface area contributed by atoms with Crippen molar-refractivity contribution in [3.05, 3.63) is 46.6 Å². The molecule has 1 rings (SSSR count). The summed E-state index contributed by atoms with van der Waals surface area (Å²) < 4.78 is 0. The first-order chi connectivity index (χ1) is 10.4. The molecule has 0 aliphatic carbocycles. The summed E-state index contributed by atoms with van der Waals surface area (Å²) in [4.78, 5) is 11.1. The van der Waals surface area contributed by atoms with Gasteiger partial charge < -0.3 is 10.2 Å². The Balaban J connectivity index is 3.03. The number of hydrogen-bond donors (Lipinski definition) is 2. The van der Waals surface area contributed by atoms with Crippen LogP contribution in [0.1, 0.15) is 48.7 Å². The van der Waals surface area contributed by atoms with Crippen LogP contribution in [0.2, 0.25) is 0 Å². The molecule has 22 heavy (non-hydrogen) atoms. The zero-order valence-electron chi connectivity index (χ0n) is 13.5. The van der Waals surface area contributed by atoms with Crippen molar-refractivity contribution in [3.8, 4) is 23.3 Å². The van der Waals surface area contributed by atoms with Gasteiger partial charge in [-0.15, -0.1) is 0 Å². The van der Waals surface area contributed by atoms with E-state index in [9.17, 15) is 15.0 Å². The van der Waals surface area contributed by atoms with Gasteiger partial charge in [0.15, 0.2) is 6.29 Å². The van der Waals surface area contributed by atoms with Gasteiger partial charge in [-0.1, -0.05) is 49.8 Å². The minimum atomic E-state index is -0.226. The maximum absolute atomic E-state index is 11.1. The van der Waals surface area contributed by atoms with E-state index in [2.05, 4.69) is 31.8 Å². The predicted octanol–water partition coefficient (Wildman–Crippen LogP) is 4.12. The summed E-state index contributed by atoms with van der Waals surface area (Å²) in [5.41, 5.74) is 1.80. The van der Waals surface area contributed by atoms with Crippen LogP contribution in [0.3, 0.4) is 0 Å². The molecule has 0 aliphatic heterocycles. The van der Waals surface area contributed by atoms with Crippen LogP contribution in [0, 0.1) is 24.7 Å². The molecule has 1 atom stereocenters. The molecule has 0 unspecified atom stereocenters. The third-order valence-corrected chi connectivity index (χ3v) is 3.51. The number of carbonyl (C=O) groups is 1. The average molecular weight is 298 g/mol. The van der Waals surface area contributed by atoms with E-state index in [1.165, 1.54) is 13.0 Å². The van der Waals surface area contributed by atoms with Crippen molar-refractivity contribution in [1.29, 1.82) is 0 Å². The molecule has 0 aliphatic rings. The van der Waals surface area contributed by atoms with E-state index in [1.807, 2.05) is 13.0 Å². The van der Waals surface area contributed by atoms with Crippen LogP contribution in [0.25, 0.3) is 0 Å². The van der Waals surface area contributed by atoms with Gasteiger partial charge in [0.05, 0.1) is 5.56 Å². The monoisotopic (exact) mass is 298 g/mol. The predicted molar refractivity (Wildman–Crippen MR) is 89.1 cm³/mol. The van der Waals surface area contributed by atoms with Crippen LogP contribution in [-0.4, -0.2) is 16.5 Å². The summed E-state index contributed by atoms with van der Waals surface area (Å²) in [7, 11) is 0. The fraction of sp³-hybridized carbons (Fsp3) is 0.316. The Labute approximate surface area is 132 Å². The Morgan fingerprint density at radius 3 is 2.68 bits per heavy atom. The van der Waals surface area contributed by atoms with Gasteiger partial charge in [-0.3, -0.25) is 4.79 Å². The number of phenols is 2. The highest BCUT2D eigenvalue weighted by Crippen LogP contribution is 2.31. The molecular weight excluding hydrogens is 276 g/mol. The maximum Gasteiger partial charge on any atom is 0.155 e. The van der Waals surface area contributed by atoms with E-state index in [1.54, 1.807) is 6.08 Å². The van der Waals surface area contributed by atoms with Gasteiger partial charge in [0.1, 0.15) is 11.5 Å². The van der Waals surface area contributed by atoms with E-state index >= 15 is 0 Å². The van der Waals surface area contributed by atoms with Gasteiger partial charge >= 0.3 is 0 Å². The number of rotatable bonds is 4. The lowest BCUT2D eigenvalue weighted by Crippen LogP contribution is -1.91. The Kier molecular flexibility index (Phi) is 6.47. The molecule has 2 N–H and O–H groups in total. The summed E-state index contributed by atoms with van der Waals surface area (Å²) in [6.45, 7) is 7.83. The maximum atomic E-state index is 11.1. The minimum absolute atomic E-state index is 0.0794. The quantitative estimate of drug-likeness (QED) is 0.499. The van der Waals surface area contributed by atoms with Crippen molar-refractivity contribution in [2.45, 2.75) is 34.1 Å². The standard InChI is InChI=1S/C19H22O3/c1-5-13(2)10-14(3)8-6-7-9-16-11-18(21)15(4)19(22)17(16)12-20/h6,8,10-13,21-22H,5H2,1-4H3/b8-6+,14-10+/t13-/m0/s1. The lowest BCUT2D eigenvalue weighted by atomic mass is 10.0. The van der Waals surface area contributed by atoms with Crippen LogP contribution >= 0.6 is 0 Å². The van der Waals surface area contributed by atoms with Crippen LogP contribution in [0.15, 0.2) is 29.9 Å². The molecule has 0 bridgehead atoms. The first-order valence-electron chi connectivity index (χ1n) is 7.27. The van der Waals surface area contributed by atoms with E-state index < -0.39 is 0 Å². The van der Waals surface area contributed by atoms with E-state index in [0.717, 1.165) is 12.0 Å². The number of phenolic OH excluding ortho intramolecular Hbond substituents is 2. The van der Waals surface area contributed by atoms with Crippen LogP contribution in [-0.2, 0) is 0 Å². The second-order valence-corrected chi connectivity index (χ2v) is 5.35. The lowest BCUT2D eigenvalue weighted by Gasteiger charge is -2.06. The van der Waals surface area contributed by atoms with E-state index in [4.69, 9.17) is 0 Å². The van der Waals surface area contributed by atoms with Gasteiger partial charge in [0.25, 0.3) is 0 Å². The number of hydrogen-bond acceptors (Lipinski definition) is 3. The Bertz CT molecular complexity index is 670. The molecule has 0 heterocycles. The number of aldehydes is 1. The molecule has 1 aromatic rings. The smallest absolute Gasteiger partial charge is 0.155 e. The van der Waals surface area contributed by atoms with Crippen molar-refractivity contribution in [2.75, 3.05) is 0 Å². The largest absolute Gasteiger partial charge is 0.507 e. The molecule has 0 radical (unpaired) electrons. The number of allylic oxidation sites excluding steroid dienone is 4. The van der Waals surface area contributed by atoms with Crippen molar-refractivity contribution < 1.29 is 15.0 Å². The average Bonchev–Trinajstić information content (AvgIpc) is 2.49. The Morgan fingerprint density at radius 2 is 2.09 bits per heavy atom. The van der Waals surface area contributed by atoms with Crippen molar-refractivity contribution >= 4 is 6.29 Å². The van der Waals surface area contributed by atoms with E-state index in [-0.39, 0.29) is 22.6 Å². The highest BCUT2D eigenvalue weighted by molar-refractivity contribution is 5.85. The molecule has 3 heteroatoms. The first-order valence-corrected chi connectivity index (χ1v) is 7.27. The van der Waals surface area contributed by atoms with E-state index in [0.29, 0.717) is 17.8 Å². The topological polar surface area (TPSA) is 57.5 Å². The second kappa shape index (κ2) is 8.09. The SMILES string of the molecule is CC[C@H](C)/C=C(C)/C=C/C#Cc1cc(O)c(C)c(O)c1C=O. The summed E-state index contributed by atoms with van der Waals surface area (Å²) in [6.07, 6.45) is 7.38. The van der Waals surface area contributed by atoms with Gasteiger partial charge in [-0.2, -0.15) is 0 Å². The van der Waals surface area contributed by atoms with Crippen LogP contribution in [0.5, 0.6) is 11.5 Å². The number of carbonyl (C=O) groups excluding carboxylic acids is 1. The molecule has 0 saturated heterocycles. The summed E-state index contributed by atoms with van der Waals surface area (Å²) in [5, 5.41) is 19.5. The Morgan fingerprint density at radius 1 is 1.41 bits per heavy atom. The fourth-order valence-corrected chi connectivity index (χ4v) is 1.91. The summed E-state index contributed by atoms with van der Waals surface area (Å²) in [6, 6.07) is 1.39. The Hall–Kier alpha value is -2.47. The normalized spacial score (nSPS) is 12.8. The molecule has 0 aromatic heterocycles. The zero-order valence-corrected chi connectivity index (χ0v) is 13.5. The number of benzene rings is 1. The van der Waals surface area contributed by atoms with Crippen molar-refractivity contribution in [1.82, 2.24) is 0 Å². The molecule has 116 valence electrons. The zero-order chi connectivity index (χ0) is 16.7. The summed E-state index contributed by atoms with van der Waals surface area (Å²) in [5.74, 6) is 5.81. The van der Waals surface area contributed by atoms with Crippen molar-refractivity contribution in [2.24, 2.45) is 5.92 Å². The first kappa shape index (κ1) is 17.6. The molecule has 0 spiro atoms. The molecule has 0 saturated carbocycles. The van der Waals surface area contributed by atoms with Crippen LogP contribution < -0.4 is 0 Å².